The van der Waals surface area contributed by atoms with Gasteiger partial charge in [0.15, 0.2) is 11.8 Å². The smallest absolute Gasteiger partial charge is 0.298 e. The third-order valence-corrected chi connectivity index (χ3v) is 5.09. The highest BCUT2D eigenvalue weighted by Gasteiger charge is 2.32. The SMILES string of the molecule is Cn1c(C(C)(C)C)cc(=NC(=O)c2cc(C(F)(F)F)ccc2C=O)n1CC1CC1. The third-order valence-electron chi connectivity index (χ3n) is 5.09. The molecule has 1 heterocycles. The van der Waals surface area contributed by atoms with Crippen LogP contribution in [-0.4, -0.2) is 21.6 Å². The zero-order chi connectivity index (χ0) is 21.6. The molecule has 1 aliphatic rings. The lowest BCUT2D eigenvalue weighted by Crippen LogP contribution is -2.26. The van der Waals surface area contributed by atoms with Gasteiger partial charge in [-0.2, -0.15) is 18.2 Å². The first-order valence-corrected chi connectivity index (χ1v) is 9.44. The summed E-state index contributed by atoms with van der Waals surface area (Å²) in [5.41, 5.74) is -0.341. The standard InChI is InChI=1S/C21H24F3N3O2/c1-20(2,3)17-10-18(27(26(17)4)11-13-5-6-13)25-19(29)16-9-15(21(22,23)24)8-7-14(16)12-28/h7-10,12-13H,5-6,11H2,1-4H3. The van der Waals surface area contributed by atoms with Gasteiger partial charge >= 0.3 is 6.18 Å². The molecule has 29 heavy (non-hydrogen) atoms. The number of alkyl halides is 3. The minimum atomic E-state index is -4.62. The molecule has 1 aromatic heterocycles. The van der Waals surface area contributed by atoms with Gasteiger partial charge in [-0.25, -0.2) is 0 Å². The summed E-state index contributed by atoms with van der Waals surface area (Å²) in [6.07, 6.45) is -2.06. The van der Waals surface area contributed by atoms with Gasteiger partial charge in [-0.3, -0.25) is 19.0 Å². The lowest BCUT2D eigenvalue weighted by molar-refractivity contribution is -0.137. The van der Waals surface area contributed by atoms with Crippen LogP contribution in [0.5, 0.6) is 0 Å². The number of halogens is 3. The fourth-order valence-corrected chi connectivity index (χ4v) is 3.31. The molecule has 0 N–H and O–H groups in total. The number of benzene rings is 1. The van der Waals surface area contributed by atoms with Crippen molar-refractivity contribution in [3.8, 4) is 0 Å². The molecule has 0 bridgehead atoms. The number of aromatic nitrogens is 2. The van der Waals surface area contributed by atoms with Crippen LogP contribution < -0.4 is 5.49 Å². The molecule has 0 aliphatic heterocycles. The molecule has 0 saturated heterocycles. The van der Waals surface area contributed by atoms with E-state index in [-0.39, 0.29) is 16.5 Å². The van der Waals surface area contributed by atoms with Gasteiger partial charge < -0.3 is 0 Å². The van der Waals surface area contributed by atoms with Crippen LogP contribution >= 0.6 is 0 Å². The number of carbonyl (C=O) groups is 2. The molecular weight excluding hydrogens is 383 g/mol. The van der Waals surface area contributed by atoms with Crippen molar-refractivity contribution in [3.63, 3.8) is 0 Å². The van der Waals surface area contributed by atoms with E-state index in [0.717, 1.165) is 30.7 Å². The summed E-state index contributed by atoms with van der Waals surface area (Å²) in [7, 11) is 1.88. The average molecular weight is 407 g/mol. The first kappa shape index (κ1) is 21.1. The van der Waals surface area contributed by atoms with Gasteiger partial charge in [0.05, 0.1) is 11.1 Å². The summed E-state index contributed by atoms with van der Waals surface area (Å²) in [5, 5.41) is 0. The summed E-state index contributed by atoms with van der Waals surface area (Å²) in [4.78, 5) is 28.2. The zero-order valence-electron chi connectivity index (χ0n) is 16.9. The molecule has 1 aliphatic carbocycles. The average Bonchev–Trinajstić information content (AvgIpc) is 3.38. The quantitative estimate of drug-likeness (QED) is 0.717. The maximum absolute atomic E-state index is 13.1. The Balaban J connectivity index is 2.13. The second kappa shape index (κ2) is 7.31. The number of hydrogen-bond acceptors (Lipinski definition) is 2. The molecule has 2 aromatic rings. The monoisotopic (exact) mass is 407 g/mol. The number of aldehydes is 1. The molecule has 0 atom stereocenters. The van der Waals surface area contributed by atoms with Gasteiger partial charge in [-0.05, 0) is 30.9 Å². The molecular formula is C21H24F3N3O2. The second-order valence-electron chi connectivity index (χ2n) is 8.52. The molecule has 8 heteroatoms. The van der Waals surface area contributed by atoms with E-state index in [1.165, 1.54) is 0 Å². The summed E-state index contributed by atoms with van der Waals surface area (Å²) >= 11 is 0. The Kier molecular flexibility index (Phi) is 5.32. The van der Waals surface area contributed by atoms with Crippen molar-refractivity contribution in [3.05, 3.63) is 52.1 Å². The highest BCUT2D eigenvalue weighted by molar-refractivity contribution is 6.02. The van der Waals surface area contributed by atoms with E-state index in [1.54, 1.807) is 6.07 Å². The van der Waals surface area contributed by atoms with E-state index >= 15 is 0 Å². The van der Waals surface area contributed by atoms with Gasteiger partial charge in [0.1, 0.15) is 0 Å². The van der Waals surface area contributed by atoms with Crippen LogP contribution in [0.4, 0.5) is 13.2 Å². The molecule has 156 valence electrons. The Bertz CT molecular complexity index is 1020. The van der Waals surface area contributed by atoms with Crippen LogP contribution in [0.15, 0.2) is 29.3 Å². The highest BCUT2D eigenvalue weighted by atomic mass is 19.4. The van der Waals surface area contributed by atoms with Gasteiger partial charge in [0.25, 0.3) is 5.91 Å². The summed E-state index contributed by atoms with van der Waals surface area (Å²) in [5.74, 6) is -0.363. The van der Waals surface area contributed by atoms with Crippen LogP contribution in [0.1, 0.15) is 65.6 Å². The second-order valence-corrected chi connectivity index (χ2v) is 8.52. The first-order valence-electron chi connectivity index (χ1n) is 9.44. The lowest BCUT2D eigenvalue weighted by Gasteiger charge is -2.20. The van der Waals surface area contributed by atoms with Gasteiger partial charge in [-0.15, -0.1) is 0 Å². The van der Waals surface area contributed by atoms with Crippen LogP contribution in [0, 0.1) is 5.92 Å². The van der Waals surface area contributed by atoms with Crippen molar-refractivity contribution in [2.75, 3.05) is 0 Å². The van der Waals surface area contributed by atoms with E-state index in [4.69, 9.17) is 0 Å². The van der Waals surface area contributed by atoms with E-state index in [1.807, 2.05) is 37.2 Å². The topological polar surface area (TPSA) is 56.4 Å². The molecule has 0 unspecified atom stereocenters. The summed E-state index contributed by atoms with van der Waals surface area (Å²) < 4.78 is 43.0. The predicted octanol–water partition coefficient (Wildman–Crippen LogP) is 4.11. The molecule has 1 amide bonds. The molecule has 1 aromatic carbocycles. The van der Waals surface area contributed by atoms with E-state index in [9.17, 15) is 22.8 Å². The minimum absolute atomic E-state index is 0.118. The van der Waals surface area contributed by atoms with Crippen LogP contribution in [0.2, 0.25) is 0 Å². The molecule has 0 spiro atoms. The van der Waals surface area contributed by atoms with Crippen molar-refractivity contribution >= 4 is 12.2 Å². The van der Waals surface area contributed by atoms with E-state index in [0.29, 0.717) is 30.3 Å². The Morgan fingerprint density at radius 3 is 2.38 bits per heavy atom. The summed E-state index contributed by atoms with van der Waals surface area (Å²) in [6, 6.07) is 4.26. The van der Waals surface area contributed by atoms with Crippen LogP contribution in [-0.2, 0) is 25.2 Å². The minimum Gasteiger partial charge on any atom is -0.298 e. The molecule has 1 fully saturated rings. The number of rotatable bonds is 4. The van der Waals surface area contributed by atoms with Crippen molar-refractivity contribution in [1.29, 1.82) is 0 Å². The van der Waals surface area contributed by atoms with E-state index in [2.05, 4.69) is 4.99 Å². The zero-order valence-corrected chi connectivity index (χ0v) is 16.9. The number of carbonyl (C=O) groups excluding carboxylic acids is 2. The van der Waals surface area contributed by atoms with E-state index < -0.39 is 17.6 Å². The Morgan fingerprint density at radius 1 is 1.21 bits per heavy atom. The van der Waals surface area contributed by atoms with Gasteiger partial charge in [0.2, 0.25) is 0 Å². The normalized spacial score (nSPS) is 15.6. The number of nitrogens with zero attached hydrogens (tertiary/aromatic N) is 3. The van der Waals surface area contributed by atoms with Gasteiger partial charge in [0, 0.05) is 36.3 Å². The first-order chi connectivity index (χ1) is 13.4. The maximum Gasteiger partial charge on any atom is 0.416 e. The Hall–Kier alpha value is -2.64. The fourth-order valence-electron chi connectivity index (χ4n) is 3.31. The van der Waals surface area contributed by atoms with Crippen molar-refractivity contribution < 1.29 is 22.8 Å². The summed E-state index contributed by atoms with van der Waals surface area (Å²) in [6.45, 7) is 6.79. The fraction of sp³-hybridized carbons (Fsp3) is 0.476. The van der Waals surface area contributed by atoms with Crippen LogP contribution in [0.25, 0.3) is 0 Å². The lowest BCUT2D eigenvalue weighted by atomic mass is 9.92. The molecule has 3 rings (SSSR count). The molecule has 0 radical (unpaired) electrons. The highest BCUT2D eigenvalue weighted by Crippen LogP contribution is 2.32. The third kappa shape index (κ3) is 4.52. The largest absolute Gasteiger partial charge is 0.416 e. The molecule has 1 saturated carbocycles. The van der Waals surface area contributed by atoms with Crippen molar-refractivity contribution in [2.45, 2.75) is 51.7 Å². The maximum atomic E-state index is 13.1. The Morgan fingerprint density at radius 2 is 1.86 bits per heavy atom. The van der Waals surface area contributed by atoms with Gasteiger partial charge in [-0.1, -0.05) is 26.8 Å². The predicted molar refractivity (Wildman–Crippen MR) is 102 cm³/mol. The number of amides is 1. The van der Waals surface area contributed by atoms with Crippen molar-refractivity contribution in [1.82, 2.24) is 9.36 Å². The molecule has 5 nitrogen and oxygen atoms in total. The van der Waals surface area contributed by atoms with Crippen LogP contribution in [0.3, 0.4) is 0 Å². The number of hydrogen-bond donors (Lipinski definition) is 0. The Labute approximate surface area is 166 Å². The van der Waals surface area contributed by atoms with Crippen molar-refractivity contribution in [2.24, 2.45) is 18.0 Å².